The molecule has 12 heteroatoms. The number of aromatic nitrogens is 2. The molecule has 1 unspecified atom stereocenters. The minimum atomic E-state index is -3.40. The molecule has 1 aromatic heterocycles. The predicted octanol–water partition coefficient (Wildman–Crippen LogP) is 1.98. The summed E-state index contributed by atoms with van der Waals surface area (Å²) in [6.07, 6.45) is 2.11. The number of sulfone groups is 1. The van der Waals surface area contributed by atoms with Gasteiger partial charge < -0.3 is 23.8 Å². The van der Waals surface area contributed by atoms with Crippen molar-refractivity contribution >= 4 is 38.7 Å². The summed E-state index contributed by atoms with van der Waals surface area (Å²) in [4.78, 5) is 27.2. The number of nitrogens with zero attached hydrogens (tertiary/aromatic N) is 4. The Labute approximate surface area is 220 Å². The maximum Gasteiger partial charge on any atom is 0.338 e. The number of aryl methyl sites for hydroxylation is 1. The second-order valence-electron chi connectivity index (χ2n) is 9.93. The van der Waals surface area contributed by atoms with Gasteiger partial charge in [0.2, 0.25) is 10.8 Å². The van der Waals surface area contributed by atoms with Crippen LogP contribution in [0.1, 0.15) is 42.7 Å². The van der Waals surface area contributed by atoms with E-state index in [2.05, 4.69) is 4.90 Å². The Morgan fingerprint density at radius 1 is 1.19 bits per heavy atom. The van der Waals surface area contributed by atoms with Gasteiger partial charge in [0.1, 0.15) is 17.6 Å². The zero-order chi connectivity index (χ0) is 26.3. The highest BCUT2D eigenvalue weighted by molar-refractivity contribution is 7.92. The molecular weight excluding hydrogens is 516 g/mol. The first-order valence-corrected chi connectivity index (χ1v) is 15.4. The molecule has 0 N–H and O–H groups in total. The van der Waals surface area contributed by atoms with E-state index in [9.17, 15) is 17.8 Å². The Hall–Kier alpha value is -2.41. The number of ether oxygens (including phenoxy) is 2. The quantitative estimate of drug-likeness (QED) is 0.375. The molecule has 2 fully saturated rings. The number of fused-ring (bicyclic) bond motifs is 1. The predicted molar refractivity (Wildman–Crippen MR) is 139 cm³/mol. The van der Waals surface area contributed by atoms with Crippen LogP contribution in [0.15, 0.2) is 34.1 Å². The van der Waals surface area contributed by atoms with Crippen LogP contribution in [-0.2, 0) is 36.9 Å². The van der Waals surface area contributed by atoms with E-state index >= 15 is 0 Å². The van der Waals surface area contributed by atoms with Gasteiger partial charge in [-0.05, 0) is 62.1 Å². The lowest BCUT2D eigenvalue weighted by Crippen LogP contribution is -2.54. The first kappa shape index (κ1) is 26.2. The zero-order valence-corrected chi connectivity index (χ0v) is 22.9. The lowest BCUT2D eigenvalue weighted by atomic mass is 10.1. The largest absolute Gasteiger partial charge is 0.611 e. The fraction of sp³-hybridized carbons (Fsp3) is 0.560. The van der Waals surface area contributed by atoms with Gasteiger partial charge in [0.15, 0.2) is 15.7 Å². The van der Waals surface area contributed by atoms with Gasteiger partial charge in [0, 0.05) is 32.7 Å². The van der Waals surface area contributed by atoms with Crippen LogP contribution in [0.5, 0.6) is 0 Å². The third-order valence-corrected chi connectivity index (χ3v) is 10.8. The highest BCUT2D eigenvalue weighted by atomic mass is 32.2. The van der Waals surface area contributed by atoms with Crippen molar-refractivity contribution in [3.05, 3.63) is 35.5 Å². The number of esters is 1. The van der Waals surface area contributed by atoms with Gasteiger partial charge in [0.05, 0.1) is 28.8 Å². The third-order valence-electron chi connectivity index (χ3n) is 7.17. The fourth-order valence-corrected chi connectivity index (χ4v) is 7.19. The Bertz CT molecular complexity index is 1260. The van der Waals surface area contributed by atoms with E-state index in [4.69, 9.17) is 19.4 Å². The molecule has 3 aliphatic heterocycles. The van der Waals surface area contributed by atoms with E-state index in [0.29, 0.717) is 50.0 Å². The number of anilines is 2. The molecule has 5 rings (SSSR count). The van der Waals surface area contributed by atoms with Crippen LogP contribution in [0.2, 0.25) is 0 Å². The summed E-state index contributed by atoms with van der Waals surface area (Å²) in [6.45, 7) is 5.55. The van der Waals surface area contributed by atoms with E-state index in [0.717, 1.165) is 29.2 Å². The first-order chi connectivity index (χ1) is 17.6. The molecule has 10 nitrogen and oxygen atoms in total. The molecule has 0 amide bonds. The molecule has 37 heavy (non-hydrogen) atoms. The van der Waals surface area contributed by atoms with E-state index in [-0.39, 0.29) is 17.0 Å². The summed E-state index contributed by atoms with van der Waals surface area (Å²) < 4.78 is 48.5. The van der Waals surface area contributed by atoms with E-state index in [1.807, 2.05) is 11.9 Å². The van der Waals surface area contributed by atoms with Gasteiger partial charge >= 0.3 is 5.97 Å². The molecule has 0 aliphatic carbocycles. The van der Waals surface area contributed by atoms with Crippen LogP contribution < -0.4 is 9.80 Å². The van der Waals surface area contributed by atoms with Crippen molar-refractivity contribution in [3.63, 3.8) is 0 Å². The molecule has 2 saturated heterocycles. The molecule has 2 aromatic rings. The van der Waals surface area contributed by atoms with Gasteiger partial charge in [-0.15, -0.1) is 0 Å². The molecule has 4 heterocycles. The molecule has 0 saturated carbocycles. The number of hydrogen-bond acceptors (Lipinski definition) is 10. The summed E-state index contributed by atoms with van der Waals surface area (Å²) in [7, 11) is -1.40. The second kappa shape index (κ2) is 10.4. The van der Waals surface area contributed by atoms with Crippen LogP contribution in [-0.4, -0.2) is 85.4 Å². The molecule has 0 spiro atoms. The smallest absolute Gasteiger partial charge is 0.338 e. The number of hydrogen-bond donors (Lipinski definition) is 0. The van der Waals surface area contributed by atoms with E-state index in [1.54, 1.807) is 13.8 Å². The highest BCUT2D eigenvalue weighted by Crippen LogP contribution is 2.36. The van der Waals surface area contributed by atoms with Gasteiger partial charge in [-0.3, -0.25) is 0 Å². The molecule has 0 bridgehead atoms. The van der Waals surface area contributed by atoms with Crippen molar-refractivity contribution in [2.75, 3.05) is 48.9 Å². The van der Waals surface area contributed by atoms with Crippen LogP contribution in [0.25, 0.3) is 0 Å². The molecule has 0 radical (unpaired) electrons. The monoisotopic (exact) mass is 548 g/mol. The van der Waals surface area contributed by atoms with E-state index < -0.39 is 32.2 Å². The van der Waals surface area contributed by atoms with Crippen LogP contribution in [0.3, 0.4) is 0 Å². The normalized spacial score (nSPS) is 20.6. The Morgan fingerprint density at radius 2 is 1.86 bits per heavy atom. The fourth-order valence-electron chi connectivity index (χ4n) is 4.74. The lowest BCUT2D eigenvalue weighted by Gasteiger charge is -2.39. The Kier molecular flexibility index (Phi) is 7.36. The molecule has 3 aliphatic rings. The van der Waals surface area contributed by atoms with Gasteiger partial charge in [-0.1, -0.05) is 0 Å². The number of carbonyl (C=O) groups is 1. The van der Waals surface area contributed by atoms with Crippen LogP contribution in [0.4, 0.5) is 11.8 Å². The van der Waals surface area contributed by atoms with Crippen molar-refractivity contribution in [1.82, 2.24) is 9.97 Å². The Morgan fingerprint density at radius 3 is 2.51 bits per heavy atom. The van der Waals surface area contributed by atoms with Crippen molar-refractivity contribution in [3.8, 4) is 0 Å². The number of benzene rings is 1. The maximum absolute atomic E-state index is 12.7. The molecular formula is C25H32N4O6S2. The highest BCUT2D eigenvalue weighted by Gasteiger charge is 2.38. The average molecular weight is 549 g/mol. The number of carbonyl (C=O) groups excluding carboxylic acids is 1. The van der Waals surface area contributed by atoms with Gasteiger partial charge in [-0.25, -0.2) is 18.2 Å². The first-order valence-electron chi connectivity index (χ1n) is 12.5. The van der Waals surface area contributed by atoms with Crippen molar-refractivity contribution in [1.29, 1.82) is 0 Å². The van der Waals surface area contributed by atoms with Crippen molar-refractivity contribution < 1.29 is 27.2 Å². The summed E-state index contributed by atoms with van der Waals surface area (Å²) in [5.41, 5.74) is 1.13. The second-order valence-corrected chi connectivity index (χ2v) is 13.9. The summed E-state index contributed by atoms with van der Waals surface area (Å²) in [5, 5.41) is -0.537. The maximum atomic E-state index is 12.7. The third kappa shape index (κ3) is 5.16. The van der Waals surface area contributed by atoms with Crippen LogP contribution in [0, 0.1) is 0 Å². The van der Waals surface area contributed by atoms with E-state index in [1.165, 1.54) is 24.3 Å². The number of rotatable bonds is 7. The molecule has 1 aromatic carbocycles. The van der Waals surface area contributed by atoms with Crippen LogP contribution >= 0.6 is 0 Å². The standard InChI is InChI=1S/C25H32N4O6S2/c1-16(2)37(32,33)20-6-4-17(5-7-20)24(30)35-19-14-29(15-19)25-26-21-10-13-36(31)22(21)23(27-25)28(3)18-8-11-34-12-9-18/h4-7,16,18-19H,8-15H2,1-3H3. The minimum Gasteiger partial charge on any atom is -0.611 e. The Balaban J connectivity index is 1.25. The topological polar surface area (TPSA) is 125 Å². The van der Waals surface area contributed by atoms with Crippen molar-refractivity contribution in [2.24, 2.45) is 0 Å². The minimum absolute atomic E-state index is 0.185. The molecule has 1 atom stereocenters. The van der Waals surface area contributed by atoms with Crippen molar-refractivity contribution in [2.45, 2.75) is 60.3 Å². The summed E-state index contributed by atoms with van der Waals surface area (Å²) in [6, 6.07) is 6.12. The summed E-state index contributed by atoms with van der Waals surface area (Å²) in [5.74, 6) is 1.34. The summed E-state index contributed by atoms with van der Waals surface area (Å²) >= 11 is -1.11. The SMILES string of the molecule is CC(C)S(=O)(=O)c1ccc(C(=O)OC2CN(c3nc4c(c(N(C)C5CCOCC5)n3)[S+]([O-])CC4)C2)cc1. The van der Waals surface area contributed by atoms with Gasteiger partial charge in [-0.2, -0.15) is 4.98 Å². The average Bonchev–Trinajstić information content (AvgIpc) is 3.25. The van der Waals surface area contributed by atoms with Gasteiger partial charge in [0.25, 0.3) is 0 Å². The lowest BCUT2D eigenvalue weighted by molar-refractivity contribution is 0.0231. The zero-order valence-electron chi connectivity index (χ0n) is 21.3. The molecule has 200 valence electrons.